The molecule has 0 radical (unpaired) electrons. The molecule has 0 aliphatic rings. The van der Waals surface area contributed by atoms with Crippen molar-refractivity contribution in [3.8, 4) is 0 Å². The molecule has 0 N–H and O–H groups in total. The zero-order valence-electron chi connectivity index (χ0n) is 15.7. The van der Waals surface area contributed by atoms with Crippen molar-refractivity contribution in [1.82, 2.24) is 9.13 Å². The highest BCUT2D eigenvalue weighted by Gasteiger charge is 2.19. The van der Waals surface area contributed by atoms with Crippen LogP contribution in [0.3, 0.4) is 0 Å². The van der Waals surface area contributed by atoms with E-state index < -0.39 is 28.2 Å². The molecule has 10 nitrogen and oxygen atoms in total. The van der Waals surface area contributed by atoms with Crippen LogP contribution in [0.15, 0.2) is 62.5 Å². The summed E-state index contributed by atoms with van der Waals surface area (Å²) in [5, 5.41) is 0.0542. The molecule has 0 fully saturated rings. The number of fused-ring (bicyclic) bond motifs is 2. The Morgan fingerprint density at radius 1 is 0.900 bits per heavy atom. The average molecular weight is 412 g/mol. The van der Waals surface area contributed by atoms with Crippen molar-refractivity contribution in [2.75, 3.05) is 13.2 Å². The number of ether oxygens (including phenoxy) is 1. The fourth-order valence-corrected chi connectivity index (χ4v) is 3.02. The number of esters is 1. The Labute approximate surface area is 167 Å². The first kappa shape index (κ1) is 20.7. The summed E-state index contributed by atoms with van der Waals surface area (Å²) in [6, 6.07) is 2.47. The van der Waals surface area contributed by atoms with E-state index >= 15 is 0 Å². The second-order valence-corrected chi connectivity index (χ2v) is 6.08. The van der Waals surface area contributed by atoms with Crippen LogP contribution in [0.4, 0.5) is 0 Å². The van der Waals surface area contributed by atoms with Crippen molar-refractivity contribution in [3.63, 3.8) is 0 Å². The number of aromatic nitrogens is 2. The van der Waals surface area contributed by atoms with Crippen LogP contribution in [0.25, 0.3) is 21.5 Å². The van der Waals surface area contributed by atoms with E-state index in [1.807, 2.05) is 0 Å². The maximum atomic E-state index is 12.6. The first-order chi connectivity index (χ1) is 14.4. The molecule has 0 aliphatic heterocycles. The summed E-state index contributed by atoms with van der Waals surface area (Å²) in [6.07, 6.45) is 2.03. The van der Waals surface area contributed by atoms with E-state index in [9.17, 15) is 24.0 Å². The molecule has 2 heterocycles. The Balaban J connectivity index is 1.98. The van der Waals surface area contributed by atoms with Gasteiger partial charge in [-0.05, 0) is 12.1 Å². The maximum Gasteiger partial charge on any atom is 0.330 e. The highest BCUT2D eigenvalue weighted by Crippen LogP contribution is 2.14. The Kier molecular flexibility index (Phi) is 5.91. The van der Waals surface area contributed by atoms with Crippen LogP contribution in [0.2, 0.25) is 0 Å². The Bertz CT molecular complexity index is 1320. The zero-order chi connectivity index (χ0) is 21.8. The maximum absolute atomic E-state index is 12.6. The number of carbonyl (C=O) groups excluding carboxylic acids is 1. The van der Waals surface area contributed by atoms with Crippen LogP contribution in [0, 0.1) is 0 Å². The quantitative estimate of drug-likeness (QED) is 0.0907. The molecular weight excluding hydrogens is 396 g/mol. The minimum Gasteiger partial charge on any atom is -0.461 e. The normalized spacial score (nSPS) is 10.8. The fourth-order valence-electron chi connectivity index (χ4n) is 3.02. The lowest BCUT2D eigenvalue weighted by molar-refractivity contribution is -0.250. The molecule has 0 amide bonds. The van der Waals surface area contributed by atoms with Gasteiger partial charge in [-0.3, -0.25) is 28.3 Å². The first-order valence-corrected chi connectivity index (χ1v) is 8.73. The molecule has 0 bridgehead atoms. The summed E-state index contributed by atoms with van der Waals surface area (Å²) >= 11 is 0. The van der Waals surface area contributed by atoms with Gasteiger partial charge in [-0.1, -0.05) is 18.9 Å². The van der Waals surface area contributed by atoms with Crippen LogP contribution in [-0.2, 0) is 32.4 Å². The van der Waals surface area contributed by atoms with Crippen LogP contribution in [0.5, 0.6) is 0 Å². The molecule has 30 heavy (non-hydrogen) atoms. The predicted molar refractivity (Wildman–Crippen MR) is 107 cm³/mol. The lowest BCUT2D eigenvalue weighted by Crippen LogP contribution is -2.28. The number of nitrogens with zero attached hydrogens (tertiary/aromatic N) is 2. The van der Waals surface area contributed by atoms with Gasteiger partial charge in [0.1, 0.15) is 13.2 Å². The fraction of sp³-hybridized carbons (Fsp3) is 0.200. The van der Waals surface area contributed by atoms with E-state index in [1.54, 1.807) is 0 Å². The molecule has 3 aromatic rings. The minimum absolute atomic E-state index is 0.00695. The molecule has 1 aromatic carbocycles. The van der Waals surface area contributed by atoms with E-state index in [2.05, 4.69) is 23.8 Å². The lowest BCUT2D eigenvalue weighted by atomic mass is 10.1. The summed E-state index contributed by atoms with van der Waals surface area (Å²) in [4.78, 5) is 70.7. The van der Waals surface area contributed by atoms with E-state index in [-0.39, 0.29) is 47.8 Å². The molecule has 0 saturated heterocycles. The van der Waals surface area contributed by atoms with Gasteiger partial charge in [0.25, 0.3) is 22.2 Å². The van der Waals surface area contributed by atoms with Gasteiger partial charge in [0, 0.05) is 6.08 Å². The molecule has 2 aromatic heterocycles. The van der Waals surface area contributed by atoms with Gasteiger partial charge in [-0.2, -0.15) is 4.89 Å². The first-order valence-electron chi connectivity index (χ1n) is 8.73. The smallest absolute Gasteiger partial charge is 0.330 e. The molecular formula is C20H16N2O8. The van der Waals surface area contributed by atoms with E-state index in [1.165, 1.54) is 12.1 Å². The third-order valence-corrected chi connectivity index (χ3v) is 4.38. The zero-order valence-corrected chi connectivity index (χ0v) is 15.7. The number of rotatable bonds is 9. The number of hydrogen-bond donors (Lipinski definition) is 0. The second-order valence-electron chi connectivity index (χ2n) is 6.08. The van der Waals surface area contributed by atoms with Gasteiger partial charge in [0.05, 0.1) is 34.6 Å². The summed E-state index contributed by atoms with van der Waals surface area (Å²) in [7, 11) is 0. The molecule has 0 aliphatic carbocycles. The van der Waals surface area contributed by atoms with Crippen molar-refractivity contribution in [2.24, 2.45) is 0 Å². The summed E-state index contributed by atoms with van der Waals surface area (Å²) in [5.74, 6) is -0.684. The second kappa shape index (κ2) is 8.56. The molecule has 10 heteroatoms. The Hall–Kier alpha value is -4.01. The van der Waals surface area contributed by atoms with E-state index in [0.717, 1.165) is 21.5 Å². The molecule has 154 valence electrons. The molecule has 0 unspecified atom stereocenters. The highest BCUT2D eigenvalue weighted by atomic mass is 17.2. The third kappa shape index (κ3) is 3.64. The molecule has 0 atom stereocenters. The summed E-state index contributed by atoms with van der Waals surface area (Å²) in [5.41, 5.74) is -0.183. The van der Waals surface area contributed by atoms with Crippen molar-refractivity contribution in [3.05, 3.63) is 84.8 Å². The van der Waals surface area contributed by atoms with Crippen molar-refractivity contribution < 1.29 is 19.3 Å². The standard InChI is InChI=1S/C20H16N2O8/c1-3-7-29-30-9-6-22-19(26)14-10-12-13(11-15(14)20(22)27)18(25)21(17(12)24)5-8-28-16(23)4-2/h4,7,10-11H,1-2,5-6,8-9H2. The van der Waals surface area contributed by atoms with E-state index in [0.29, 0.717) is 0 Å². The lowest BCUT2D eigenvalue weighted by Gasteiger charge is -2.01. The average Bonchev–Trinajstić information content (AvgIpc) is 3.12. The van der Waals surface area contributed by atoms with Crippen LogP contribution < -0.4 is 22.2 Å². The monoisotopic (exact) mass is 412 g/mol. The number of benzene rings is 1. The van der Waals surface area contributed by atoms with Crippen molar-refractivity contribution >= 4 is 27.5 Å². The van der Waals surface area contributed by atoms with Crippen molar-refractivity contribution in [1.29, 1.82) is 0 Å². The van der Waals surface area contributed by atoms with E-state index in [4.69, 9.17) is 9.62 Å². The van der Waals surface area contributed by atoms with Crippen LogP contribution in [0.1, 0.15) is 0 Å². The Morgan fingerprint density at radius 3 is 1.80 bits per heavy atom. The largest absolute Gasteiger partial charge is 0.461 e. The number of hydrogen-bond acceptors (Lipinski definition) is 8. The van der Waals surface area contributed by atoms with Crippen LogP contribution in [-0.4, -0.2) is 28.3 Å². The third-order valence-electron chi connectivity index (χ3n) is 4.38. The topological polar surface area (TPSA) is 123 Å². The Morgan fingerprint density at radius 2 is 1.37 bits per heavy atom. The molecule has 0 spiro atoms. The molecule has 3 rings (SSSR count). The minimum atomic E-state index is -0.684. The van der Waals surface area contributed by atoms with Gasteiger partial charge in [-0.25, -0.2) is 4.79 Å². The highest BCUT2D eigenvalue weighted by molar-refractivity contribution is 5.97. The van der Waals surface area contributed by atoms with Gasteiger partial charge >= 0.3 is 5.97 Å². The molecule has 0 saturated carbocycles. The van der Waals surface area contributed by atoms with Gasteiger partial charge < -0.3 is 9.62 Å². The van der Waals surface area contributed by atoms with Gasteiger partial charge in [-0.15, -0.1) is 0 Å². The van der Waals surface area contributed by atoms with Gasteiger partial charge in [0.15, 0.2) is 6.26 Å². The van der Waals surface area contributed by atoms with Gasteiger partial charge in [0.2, 0.25) is 0 Å². The summed E-state index contributed by atoms with van der Waals surface area (Å²) in [6.45, 7) is 5.96. The predicted octanol–water partition coefficient (Wildman–Crippen LogP) is -0.112. The summed E-state index contributed by atoms with van der Waals surface area (Å²) < 4.78 is 6.61. The SMILES string of the molecule is C=C=COOCCn1c(=O)c2cc3c(=O)n(CCOC(=O)C=C)c(=O)c3cc2c1=O. The number of carbonyl (C=O) groups is 1. The van der Waals surface area contributed by atoms with Crippen molar-refractivity contribution in [2.45, 2.75) is 13.1 Å². The van der Waals surface area contributed by atoms with Crippen LogP contribution >= 0.6 is 0 Å².